The summed E-state index contributed by atoms with van der Waals surface area (Å²) in [6.07, 6.45) is 2.89. The van der Waals surface area contributed by atoms with Gasteiger partial charge in [0.05, 0.1) is 11.1 Å². The van der Waals surface area contributed by atoms with Crippen LogP contribution in [-0.2, 0) is 6.42 Å². The number of nitrogens with zero attached hydrogens (tertiary/aromatic N) is 1. The molecule has 2 aromatic rings. The molecule has 6 rings (SSSR count). The fourth-order valence-corrected chi connectivity index (χ4v) is 6.98. The molecular weight excluding hydrogens is 501 g/mol. The summed E-state index contributed by atoms with van der Waals surface area (Å²) in [6, 6.07) is 10.8. The third-order valence-electron chi connectivity index (χ3n) is 8.52. The molecule has 3 fully saturated rings. The number of amides is 2. The van der Waals surface area contributed by atoms with Crippen LogP contribution in [0, 0.1) is 23.2 Å². The number of halogens is 2. The number of hydrogen-bond donors (Lipinski definition) is 2. The monoisotopic (exact) mass is 529 g/mol. The Morgan fingerprint density at radius 2 is 1.83 bits per heavy atom. The number of fused-ring (bicyclic) bond motifs is 3. The summed E-state index contributed by atoms with van der Waals surface area (Å²) in [7, 11) is 0. The number of carbonyl (C=O) groups is 2. The molecule has 0 radical (unpaired) electrons. The summed E-state index contributed by atoms with van der Waals surface area (Å²) in [6.45, 7) is 7.32. The van der Waals surface area contributed by atoms with Crippen LogP contribution in [0.4, 0.5) is 5.69 Å². The predicted molar refractivity (Wildman–Crippen MR) is 144 cm³/mol. The summed E-state index contributed by atoms with van der Waals surface area (Å²) < 4.78 is 0. The van der Waals surface area contributed by atoms with Crippen LogP contribution in [0.5, 0.6) is 0 Å². The quantitative estimate of drug-likeness (QED) is 0.357. The zero-order chi connectivity index (χ0) is 25.1. The minimum atomic E-state index is -0.305. The minimum absolute atomic E-state index is 0.245. The van der Waals surface area contributed by atoms with Gasteiger partial charge in [0.25, 0.3) is 11.8 Å². The van der Waals surface area contributed by atoms with E-state index in [1.807, 2.05) is 6.07 Å². The molecule has 35 heavy (non-hydrogen) atoms. The van der Waals surface area contributed by atoms with E-state index < -0.39 is 0 Å². The smallest absolute Gasteiger partial charge is 0.261 e. The molecule has 3 saturated carbocycles. The molecule has 184 valence electrons. The van der Waals surface area contributed by atoms with Crippen molar-refractivity contribution in [3.05, 3.63) is 63.1 Å². The molecule has 2 aromatic carbocycles. The maximum atomic E-state index is 13.0. The molecular formula is C27H29Cl2N3O2S. The Kier molecular flexibility index (Phi) is 6.35. The van der Waals surface area contributed by atoms with Crippen molar-refractivity contribution in [3.63, 3.8) is 0 Å². The van der Waals surface area contributed by atoms with Gasteiger partial charge in [-0.05, 0) is 90.5 Å². The Bertz CT molecular complexity index is 1230. The molecule has 2 bridgehead atoms. The highest BCUT2D eigenvalue weighted by atomic mass is 35.5. The third kappa shape index (κ3) is 4.34. The van der Waals surface area contributed by atoms with Gasteiger partial charge in [0, 0.05) is 28.3 Å². The first kappa shape index (κ1) is 24.5. The van der Waals surface area contributed by atoms with E-state index in [9.17, 15) is 9.59 Å². The van der Waals surface area contributed by atoms with Crippen molar-refractivity contribution in [1.82, 2.24) is 10.2 Å². The minimum Gasteiger partial charge on any atom is -0.359 e. The van der Waals surface area contributed by atoms with Crippen LogP contribution in [0.25, 0.3) is 0 Å². The molecule has 4 aliphatic rings. The van der Waals surface area contributed by atoms with Gasteiger partial charge in [0.1, 0.15) is 0 Å². The summed E-state index contributed by atoms with van der Waals surface area (Å²) >= 11 is 17.8. The van der Waals surface area contributed by atoms with Gasteiger partial charge in [-0.25, -0.2) is 0 Å². The van der Waals surface area contributed by atoms with E-state index in [4.69, 9.17) is 35.4 Å². The number of hydrogen-bond acceptors (Lipinski definition) is 3. The Balaban J connectivity index is 1.22. The molecule has 0 spiro atoms. The van der Waals surface area contributed by atoms with E-state index >= 15 is 0 Å². The van der Waals surface area contributed by atoms with Gasteiger partial charge in [-0.3, -0.25) is 14.5 Å². The molecule has 0 saturated heterocycles. The van der Waals surface area contributed by atoms with E-state index in [1.54, 1.807) is 30.3 Å². The van der Waals surface area contributed by atoms with E-state index in [-0.39, 0.29) is 18.4 Å². The first-order valence-corrected chi connectivity index (χ1v) is 13.2. The molecule has 0 unspecified atom stereocenters. The average molecular weight is 531 g/mol. The highest BCUT2D eigenvalue weighted by molar-refractivity contribution is 7.80. The number of carbonyl (C=O) groups excluding carboxylic acids is 2. The zero-order valence-corrected chi connectivity index (χ0v) is 22.4. The fourth-order valence-electron chi connectivity index (χ4n) is 6.20. The standard InChI is InChI=1S/C27H29Cl2N3O2S/c1-14-21-10-16(27(21,2)3)11-23(14)31-26(35)30-18-6-7-19-20(13-18)25(34)32(24(19)33)9-8-15-4-5-17(28)12-22(15)29/h4-7,12-14,16,21,23H,8-11H2,1-3H3,(H2,30,31,35)/t14-,16+,21-,23-/m0/s1. The van der Waals surface area contributed by atoms with Crippen LogP contribution >= 0.6 is 35.4 Å². The molecule has 5 nitrogen and oxygen atoms in total. The first-order valence-electron chi connectivity index (χ1n) is 12.1. The zero-order valence-electron chi connectivity index (χ0n) is 20.0. The van der Waals surface area contributed by atoms with Gasteiger partial charge < -0.3 is 10.6 Å². The lowest BCUT2D eigenvalue weighted by Gasteiger charge is -2.62. The van der Waals surface area contributed by atoms with Gasteiger partial charge in [0.15, 0.2) is 5.11 Å². The Morgan fingerprint density at radius 1 is 1.09 bits per heavy atom. The van der Waals surface area contributed by atoms with Crippen LogP contribution in [-0.4, -0.2) is 34.4 Å². The molecule has 8 heteroatoms. The SMILES string of the molecule is C[C@@H]1[C@@H](NC(=S)Nc2ccc3c(c2)C(=O)N(CCc2ccc(Cl)cc2Cl)C3=O)C[C@H]2C[C@@H]1C2(C)C. The maximum absolute atomic E-state index is 13.0. The summed E-state index contributed by atoms with van der Waals surface area (Å²) in [5, 5.41) is 8.33. The second-order valence-corrected chi connectivity index (χ2v) is 11.9. The highest BCUT2D eigenvalue weighted by Gasteiger charge is 2.56. The lowest BCUT2D eigenvalue weighted by atomic mass is 9.45. The van der Waals surface area contributed by atoms with Gasteiger partial charge in [-0.2, -0.15) is 0 Å². The molecule has 2 N–H and O–H groups in total. The second-order valence-electron chi connectivity index (χ2n) is 10.7. The van der Waals surface area contributed by atoms with Crippen LogP contribution in [0.2, 0.25) is 10.0 Å². The van der Waals surface area contributed by atoms with Gasteiger partial charge in [-0.15, -0.1) is 0 Å². The summed E-state index contributed by atoms with van der Waals surface area (Å²) in [5.41, 5.74) is 2.75. The van der Waals surface area contributed by atoms with Crippen molar-refractivity contribution >= 4 is 58.0 Å². The predicted octanol–water partition coefficient (Wildman–Crippen LogP) is 6.19. The number of nitrogens with one attached hydrogen (secondary N) is 2. The molecule has 0 aromatic heterocycles. The topological polar surface area (TPSA) is 61.4 Å². The number of benzene rings is 2. The normalized spacial score (nSPS) is 26.3. The fraction of sp³-hybridized carbons (Fsp3) is 0.444. The van der Waals surface area contributed by atoms with Crippen molar-refractivity contribution in [2.75, 3.05) is 11.9 Å². The van der Waals surface area contributed by atoms with Crippen LogP contribution in [0.15, 0.2) is 36.4 Å². The van der Waals surface area contributed by atoms with E-state index in [0.29, 0.717) is 55.8 Å². The van der Waals surface area contributed by atoms with Crippen LogP contribution in [0.3, 0.4) is 0 Å². The number of rotatable bonds is 5. The van der Waals surface area contributed by atoms with E-state index in [0.717, 1.165) is 23.8 Å². The number of anilines is 1. The van der Waals surface area contributed by atoms with Gasteiger partial charge >= 0.3 is 0 Å². The molecule has 3 aliphatic carbocycles. The Morgan fingerprint density at radius 3 is 2.51 bits per heavy atom. The lowest BCUT2D eigenvalue weighted by molar-refractivity contribution is -0.111. The summed E-state index contributed by atoms with van der Waals surface area (Å²) in [5.74, 6) is 1.41. The van der Waals surface area contributed by atoms with Crippen LogP contribution in [0.1, 0.15) is 59.9 Å². The van der Waals surface area contributed by atoms with E-state index in [1.165, 1.54) is 11.3 Å². The molecule has 1 heterocycles. The molecule has 1 aliphatic heterocycles. The number of thiocarbonyl (C=S) groups is 1. The number of imide groups is 1. The van der Waals surface area contributed by atoms with Crippen LogP contribution < -0.4 is 10.6 Å². The largest absolute Gasteiger partial charge is 0.359 e. The first-order chi connectivity index (χ1) is 16.6. The molecule has 2 amide bonds. The maximum Gasteiger partial charge on any atom is 0.261 e. The van der Waals surface area contributed by atoms with Crippen molar-refractivity contribution in [2.24, 2.45) is 23.2 Å². The average Bonchev–Trinajstić information content (AvgIpc) is 3.03. The Hall–Kier alpha value is -2.15. The highest BCUT2D eigenvalue weighted by Crippen LogP contribution is 2.61. The van der Waals surface area contributed by atoms with Crippen molar-refractivity contribution in [3.8, 4) is 0 Å². The van der Waals surface area contributed by atoms with Crippen molar-refractivity contribution in [2.45, 2.75) is 46.1 Å². The van der Waals surface area contributed by atoms with Crippen molar-refractivity contribution < 1.29 is 9.59 Å². The molecule has 4 atom stereocenters. The lowest BCUT2D eigenvalue weighted by Crippen LogP contribution is -2.61. The second kappa shape index (κ2) is 9.06. The summed E-state index contributed by atoms with van der Waals surface area (Å²) in [4.78, 5) is 27.2. The van der Waals surface area contributed by atoms with Gasteiger partial charge in [0.2, 0.25) is 0 Å². The third-order valence-corrected chi connectivity index (χ3v) is 9.33. The van der Waals surface area contributed by atoms with E-state index in [2.05, 4.69) is 31.4 Å². The van der Waals surface area contributed by atoms with Crippen molar-refractivity contribution in [1.29, 1.82) is 0 Å². The Labute approximate surface area is 221 Å². The van der Waals surface area contributed by atoms with Gasteiger partial charge in [-0.1, -0.05) is 50.0 Å².